The van der Waals surface area contributed by atoms with E-state index in [1.54, 1.807) is 36.4 Å². The third kappa shape index (κ3) is 9.42. The molecule has 0 fully saturated rings. The molecule has 45 heavy (non-hydrogen) atoms. The molecule has 0 aliphatic rings. The normalized spacial score (nSPS) is 12.3. The topological polar surface area (TPSA) is 86.8 Å². The highest BCUT2D eigenvalue weighted by atomic mass is 79.9. The molecule has 1 N–H and O–H groups in total. The number of hydrogen-bond acceptors (Lipinski definition) is 4. The molecule has 4 aromatic carbocycles. The molecule has 4 aromatic rings. The standard InChI is InChI=1S/C35H37BrClN3O4S/c1-25-10-20-31(21-11-25)45(43,44)40(30-18-16-29(37)17-19-30)24-33(41)39(23-27-12-14-28(36)15-13-27)32(34(42)38-35(2,3)4)22-26-8-6-5-7-9-26/h5-21,32H,22-24H2,1-4H3,(H,38,42)/t32-/m1/s1. The molecule has 0 heterocycles. The van der Waals surface area contributed by atoms with Crippen LogP contribution in [0.25, 0.3) is 0 Å². The quantitative estimate of drug-likeness (QED) is 0.179. The van der Waals surface area contributed by atoms with Crippen LogP contribution in [0.5, 0.6) is 0 Å². The Hall–Kier alpha value is -3.66. The summed E-state index contributed by atoms with van der Waals surface area (Å²) in [5.74, 6) is -0.871. The summed E-state index contributed by atoms with van der Waals surface area (Å²) in [5.41, 5.74) is 2.25. The molecule has 7 nitrogen and oxygen atoms in total. The Labute approximate surface area is 279 Å². The minimum atomic E-state index is -4.19. The summed E-state index contributed by atoms with van der Waals surface area (Å²) in [6.45, 7) is 7.04. The Morgan fingerprint density at radius 3 is 2.02 bits per heavy atom. The van der Waals surface area contributed by atoms with E-state index in [2.05, 4.69) is 21.2 Å². The molecule has 0 radical (unpaired) electrons. The molecule has 4 rings (SSSR count). The van der Waals surface area contributed by atoms with Gasteiger partial charge in [0, 0.05) is 28.0 Å². The first kappa shape index (κ1) is 34.2. The molecule has 0 aromatic heterocycles. The first-order valence-electron chi connectivity index (χ1n) is 14.5. The van der Waals surface area contributed by atoms with Crippen molar-refractivity contribution in [2.45, 2.75) is 57.1 Å². The number of aryl methyl sites for hydroxylation is 1. The van der Waals surface area contributed by atoms with Crippen LogP contribution in [0.15, 0.2) is 112 Å². The van der Waals surface area contributed by atoms with Crippen LogP contribution in [0.2, 0.25) is 5.02 Å². The smallest absolute Gasteiger partial charge is 0.264 e. The van der Waals surface area contributed by atoms with E-state index in [1.807, 2.05) is 82.3 Å². The van der Waals surface area contributed by atoms with Gasteiger partial charge in [0.05, 0.1) is 10.6 Å². The van der Waals surface area contributed by atoms with Crippen LogP contribution in [0, 0.1) is 6.92 Å². The van der Waals surface area contributed by atoms with Crippen LogP contribution in [0.3, 0.4) is 0 Å². The molecule has 2 amide bonds. The molecular formula is C35H37BrClN3O4S. The van der Waals surface area contributed by atoms with Crippen LogP contribution in [0.1, 0.15) is 37.5 Å². The van der Waals surface area contributed by atoms with Gasteiger partial charge >= 0.3 is 0 Å². The SMILES string of the molecule is Cc1ccc(S(=O)(=O)N(CC(=O)N(Cc2ccc(Br)cc2)[C@H](Cc2ccccc2)C(=O)NC(C)(C)C)c2ccc(Cl)cc2)cc1. The number of carbonyl (C=O) groups excluding carboxylic acids is 2. The Morgan fingerprint density at radius 2 is 1.44 bits per heavy atom. The molecule has 1 atom stereocenters. The zero-order valence-corrected chi connectivity index (χ0v) is 28.9. The Kier molecular flexibility index (Phi) is 11.1. The lowest BCUT2D eigenvalue weighted by atomic mass is 10.0. The van der Waals surface area contributed by atoms with Gasteiger partial charge in [-0.2, -0.15) is 0 Å². The van der Waals surface area contributed by atoms with Gasteiger partial charge in [0.2, 0.25) is 11.8 Å². The van der Waals surface area contributed by atoms with Crippen molar-refractivity contribution < 1.29 is 18.0 Å². The molecule has 0 aliphatic carbocycles. The molecule has 0 saturated heterocycles. The highest BCUT2D eigenvalue weighted by Crippen LogP contribution is 2.27. The van der Waals surface area contributed by atoms with Crippen LogP contribution >= 0.6 is 27.5 Å². The average Bonchev–Trinajstić information content (AvgIpc) is 2.99. The summed E-state index contributed by atoms with van der Waals surface area (Å²) in [6, 6.07) is 28.7. The van der Waals surface area contributed by atoms with E-state index in [1.165, 1.54) is 17.0 Å². The van der Waals surface area contributed by atoms with E-state index in [9.17, 15) is 18.0 Å². The van der Waals surface area contributed by atoms with E-state index in [4.69, 9.17) is 11.6 Å². The van der Waals surface area contributed by atoms with Gasteiger partial charge < -0.3 is 10.2 Å². The lowest BCUT2D eigenvalue weighted by molar-refractivity contribution is -0.140. The molecular weight excluding hydrogens is 674 g/mol. The monoisotopic (exact) mass is 709 g/mol. The van der Waals surface area contributed by atoms with Gasteiger partial charge in [-0.05, 0) is 87.4 Å². The van der Waals surface area contributed by atoms with Crippen molar-refractivity contribution in [2.75, 3.05) is 10.8 Å². The largest absolute Gasteiger partial charge is 0.350 e. The maximum Gasteiger partial charge on any atom is 0.264 e. The Bertz CT molecular complexity index is 1710. The molecule has 10 heteroatoms. The van der Waals surface area contributed by atoms with Crippen LogP contribution in [0.4, 0.5) is 5.69 Å². The molecule has 0 unspecified atom stereocenters. The number of rotatable bonds is 11. The van der Waals surface area contributed by atoms with Gasteiger partial charge in [-0.25, -0.2) is 8.42 Å². The maximum atomic E-state index is 14.5. The van der Waals surface area contributed by atoms with Crippen LogP contribution in [-0.4, -0.2) is 43.3 Å². The second kappa shape index (κ2) is 14.6. The number of benzene rings is 4. The number of sulfonamides is 1. The van der Waals surface area contributed by atoms with E-state index in [-0.39, 0.29) is 29.5 Å². The van der Waals surface area contributed by atoms with Gasteiger partial charge in [0.1, 0.15) is 12.6 Å². The Morgan fingerprint density at radius 1 is 0.844 bits per heavy atom. The maximum absolute atomic E-state index is 14.5. The number of carbonyl (C=O) groups is 2. The number of amides is 2. The number of halogens is 2. The minimum Gasteiger partial charge on any atom is -0.350 e. The fourth-order valence-electron chi connectivity index (χ4n) is 4.77. The van der Waals surface area contributed by atoms with Gasteiger partial charge in [0.15, 0.2) is 0 Å². The van der Waals surface area contributed by atoms with Gasteiger partial charge in [-0.15, -0.1) is 0 Å². The third-order valence-electron chi connectivity index (χ3n) is 7.04. The predicted octanol–water partition coefficient (Wildman–Crippen LogP) is 7.16. The second-order valence-corrected chi connectivity index (χ2v) is 15.1. The van der Waals surface area contributed by atoms with E-state index < -0.39 is 34.1 Å². The van der Waals surface area contributed by atoms with Crippen LogP contribution < -0.4 is 9.62 Å². The number of nitrogens with one attached hydrogen (secondary N) is 1. The first-order valence-corrected chi connectivity index (χ1v) is 17.1. The lowest BCUT2D eigenvalue weighted by Gasteiger charge is -2.35. The average molecular weight is 711 g/mol. The van der Waals surface area contributed by atoms with E-state index in [0.29, 0.717) is 5.02 Å². The summed E-state index contributed by atoms with van der Waals surface area (Å²) in [4.78, 5) is 30.0. The fourth-order valence-corrected chi connectivity index (χ4v) is 6.57. The molecule has 0 bridgehead atoms. The van der Waals surface area contributed by atoms with Crippen molar-refractivity contribution >= 4 is 55.1 Å². The fraction of sp³-hybridized carbons (Fsp3) is 0.257. The van der Waals surface area contributed by atoms with Crippen molar-refractivity contribution in [3.63, 3.8) is 0 Å². The zero-order chi connectivity index (χ0) is 32.8. The lowest BCUT2D eigenvalue weighted by Crippen LogP contribution is -2.56. The molecule has 0 spiro atoms. The number of hydrogen-bond donors (Lipinski definition) is 1. The highest BCUT2D eigenvalue weighted by molar-refractivity contribution is 9.10. The van der Waals surface area contributed by atoms with Crippen molar-refractivity contribution in [3.8, 4) is 0 Å². The van der Waals surface area contributed by atoms with Gasteiger partial charge in [-0.3, -0.25) is 13.9 Å². The molecule has 0 aliphatic heterocycles. The minimum absolute atomic E-state index is 0.0432. The summed E-state index contributed by atoms with van der Waals surface area (Å²) in [6.07, 6.45) is 0.233. The van der Waals surface area contributed by atoms with Crippen molar-refractivity contribution in [1.29, 1.82) is 0 Å². The summed E-state index contributed by atoms with van der Waals surface area (Å²) < 4.78 is 30.2. The molecule has 0 saturated carbocycles. The van der Waals surface area contributed by atoms with Gasteiger partial charge in [0.25, 0.3) is 10.0 Å². The summed E-state index contributed by atoms with van der Waals surface area (Å²) in [5, 5.41) is 3.46. The Balaban J connectivity index is 1.81. The zero-order valence-electron chi connectivity index (χ0n) is 25.7. The summed E-state index contributed by atoms with van der Waals surface area (Å²) >= 11 is 9.59. The van der Waals surface area contributed by atoms with Crippen molar-refractivity contribution in [3.05, 3.63) is 129 Å². The predicted molar refractivity (Wildman–Crippen MR) is 184 cm³/mol. The summed E-state index contributed by atoms with van der Waals surface area (Å²) in [7, 11) is -4.19. The second-order valence-electron chi connectivity index (χ2n) is 11.9. The van der Waals surface area contributed by atoms with E-state index in [0.717, 1.165) is 25.5 Å². The first-order chi connectivity index (χ1) is 21.2. The van der Waals surface area contributed by atoms with E-state index >= 15 is 0 Å². The van der Waals surface area contributed by atoms with Crippen molar-refractivity contribution in [1.82, 2.24) is 10.2 Å². The number of nitrogens with zero attached hydrogens (tertiary/aromatic N) is 2. The molecule has 236 valence electrons. The van der Waals surface area contributed by atoms with Gasteiger partial charge in [-0.1, -0.05) is 87.7 Å². The van der Waals surface area contributed by atoms with Crippen LogP contribution in [-0.2, 0) is 32.6 Å². The highest BCUT2D eigenvalue weighted by Gasteiger charge is 2.35. The van der Waals surface area contributed by atoms with Crippen molar-refractivity contribution in [2.24, 2.45) is 0 Å². The third-order valence-corrected chi connectivity index (χ3v) is 9.61. The number of anilines is 1.